The van der Waals surface area contributed by atoms with Gasteiger partial charge >= 0.3 is 0 Å². The van der Waals surface area contributed by atoms with E-state index in [9.17, 15) is 14.0 Å². The van der Waals surface area contributed by atoms with E-state index in [2.05, 4.69) is 10.3 Å². The van der Waals surface area contributed by atoms with E-state index in [1.165, 1.54) is 18.2 Å². The monoisotopic (exact) mass is 248 g/mol. The fourth-order valence-electron chi connectivity index (χ4n) is 1.77. The molecule has 18 heavy (non-hydrogen) atoms. The first kappa shape index (κ1) is 12.3. The molecular weight excluding hydrogens is 235 g/mol. The molecule has 0 saturated carbocycles. The fourth-order valence-corrected chi connectivity index (χ4v) is 1.77. The number of aromatic nitrogens is 1. The van der Waals surface area contributed by atoms with Crippen molar-refractivity contribution in [1.29, 1.82) is 0 Å². The number of rotatable bonds is 2. The Morgan fingerprint density at radius 1 is 1.39 bits per heavy atom. The number of hydrogen-bond acceptors (Lipinski definition) is 2. The maximum Gasteiger partial charge on any atom is 0.252 e. The Balaban J connectivity index is 2.67. The zero-order chi connectivity index (χ0) is 13.3. The number of H-pyrrole nitrogens is 1. The Labute approximate surface area is 103 Å². The van der Waals surface area contributed by atoms with Crippen LogP contribution >= 0.6 is 0 Å². The third-order valence-corrected chi connectivity index (χ3v) is 2.49. The molecule has 0 aliphatic rings. The molecule has 0 aliphatic heterocycles. The number of amides is 1. The maximum absolute atomic E-state index is 13.6. The van der Waals surface area contributed by atoms with E-state index >= 15 is 0 Å². The standard InChI is InChI=1S/C13H13FN2O2/c1-7(2)15-13(18)9-6-11(17)16-12-8(9)4-3-5-10(12)14/h3-7H,1-2H3,(H,15,18)(H,16,17). The van der Waals surface area contributed by atoms with E-state index in [1.807, 2.05) is 13.8 Å². The van der Waals surface area contributed by atoms with E-state index in [1.54, 1.807) is 6.07 Å². The molecule has 1 aromatic heterocycles. The number of para-hydroxylation sites is 1. The van der Waals surface area contributed by atoms with Crippen molar-refractivity contribution in [1.82, 2.24) is 10.3 Å². The second kappa shape index (κ2) is 4.60. The molecule has 1 amide bonds. The molecule has 0 radical (unpaired) electrons. The van der Waals surface area contributed by atoms with Crippen LogP contribution < -0.4 is 10.9 Å². The van der Waals surface area contributed by atoms with E-state index in [0.29, 0.717) is 5.39 Å². The summed E-state index contributed by atoms with van der Waals surface area (Å²) in [5, 5.41) is 3.08. The van der Waals surface area contributed by atoms with Crippen LogP contribution in [0.1, 0.15) is 24.2 Å². The number of hydrogen-bond donors (Lipinski definition) is 2. The van der Waals surface area contributed by atoms with Crippen LogP contribution in [-0.4, -0.2) is 16.9 Å². The van der Waals surface area contributed by atoms with Gasteiger partial charge in [0.05, 0.1) is 11.1 Å². The highest BCUT2D eigenvalue weighted by atomic mass is 19.1. The van der Waals surface area contributed by atoms with Gasteiger partial charge in [-0.3, -0.25) is 9.59 Å². The van der Waals surface area contributed by atoms with Gasteiger partial charge in [0.15, 0.2) is 0 Å². The molecule has 0 atom stereocenters. The van der Waals surface area contributed by atoms with Crippen LogP contribution in [0.25, 0.3) is 10.9 Å². The molecule has 2 N–H and O–H groups in total. The molecule has 0 aliphatic carbocycles. The number of carbonyl (C=O) groups excluding carboxylic acids is 1. The Kier molecular flexibility index (Phi) is 3.14. The smallest absolute Gasteiger partial charge is 0.252 e. The number of aromatic amines is 1. The quantitative estimate of drug-likeness (QED) is 0.851. The zero-order valence-corrected chi connectivity index (χ0v) is 10.1. The van der Waals surface area contributed by atoms with Gasteiger partial charge in [0, 0.05) is 17.5 Å². The Bertz CT molecular complexity index is 662. The van der Waals surface area contributed by atoms with Gasteiger partial charge in [-0.25, -0.2) is 4.39 Å². The summed E-state index contributed by atoms with van der Waals surface area (Å²) in [6, 6.07) is 5.47. The Hall–Kier alpha value is -2.17. The maximum atomic E-state index is 13.6. The number of pyridine rings is 1. The lowest BCUT2D eigenvalue weighted by Gasteiger charge is -2.10. The van der Waals surface area contributed by atoms with Crippen molar-refractivity contribution >= 4 is 16.8 Å². The van der Waals surface area contributed by atoms with Crippen molar-refractivity contribution in [2.75, 3.05) is 0 Å². The fraction of sp³-hybridized carbons (Fsp3) is 0.231. The lowest BCUT2D eigenvalue weighted by Crippen LogP contribution is -2.31. The van der Waals surface area contributed by atoms with Gasteiger partial charge in [-0.15, -0.1) is 0 Å². The molecule has 0 unspecified atom stereocenters. The lowest BCUT2D eigenvalue weighted by atomic mass is 10.1. The van der Waals surface area contributed by atoms with Gasteiger partial charge in [-0.1, -0.05) is 12.1 Å². The summed E-state index contributed by atoms with van der Waals surface area (Å²) in [4.78, 5) is 25.8. The normalized spacial score (nSPS) is 10.9. The predicted octanol–water partition coefficient (Wildman–Crippen LogP) is 1.81. The number of benzene rings is 1. The molecule has 0 spiro atoms. The van der Waals surface area contributed by atoms with E-state index in [-0.39, 0.29) is 23.0 Å². The minimum atomic E-state index is -0.552. The van der Waals surface area contributed by atoms with Crippen LogP contribution in [0.15, 0.2) is 29.1 Å². The lowest BCUT2D eigenvalue weighted by molar-refractivity contribution is 0.0944. The van der Waals surface area contributed by atoms with Gasteiger partial charge in [0.1, 0.15) is 5.82 Å². The Morgan fingerprint density at radius 3 is 2.78 bits per heavy atom. The average Bonchev–Trinajstić information content (AvgIpc) is 2.28. The van der Waals surface area contributed by atoms with Crippen LogP contribution in [0, 0.1) is 5.82 Å². The number of nitrogens with one attached hydrogen (secondary N) is 2. The van der Waals surface area contributed by atoms with E-state index < -0.39 is 11.4 Å². The number of carbonyl (C=O) groups is 1. The summed E-state index contributed by atoms with van der Waals surface area (Å²) >= 11 is 0. The molecule has 0 saturated heterocycles. The first-order chi connectivity index (χ1) is 8.49. The second-order valence-corrected chi connectivity index (χ2v) is 4.34. The predicted molar refractivity (Wildman–Crippen MR) is 67.1 cm³/mol. The van der Waals surface area contributed by atoms with E-state index in [0.717, 1.165) is 0 Å². The summed E-state index contributed by atoms with van der Waals surface area (Å²) in [6.07, 6.45) is 0. The summed E-state index contributed by atoms with van der Waals surface area (Å²) < 4.78 is 13.6. The van der Waals surface area contributed by atoms with Gasteiger partial charge in [-0.05, 0) is 19.9 Å². The topological polar surface area (TPSA) is 62.0 Å². The zero-order valence-electron chi connectivity index (χ0n) is 10.1. The van der Waals surface area contributed by atoms with Crippen LogP contribution in [0.5, 0.6) is 0 Å². The number of fused-ring (bicyclic) bond motifs is 1. The summed E-state index contributed by atoms with van der Waals surface area (Å²) in [7, 11) is 0. The second-order valence-electron chi connectivity index (χ2n) is 4.34. The first-order valence-electron chi connectivity index (χ1n) is 5.61. The van der Waals surface area contributed by atoms with Crippen molar-refractivity contribution in [2.45, 2.75) is 19.9 Å². The van der Waals surface area contributed by atoms with Crippen LogP contribution in [0.3, 0.4) is 0 Å². The molecule has 1 aromatic carbocycles. The highest BCUT2D eigenvalue weighted by Crippen LogP contribution is 2.17. The van der Waals surface area contributed by atoms with Crippen LogP contribution in [0.4, 0.5) is 4.39 Å². The van der Waals surface area contributed by atoms with Crippen molar-refractivity contribution in [3.63, 3.8) is 0 Å². The minimum Gasteiger partial charge on any atom is -0.350 e. The molecule has 2 aromatic rings. The molecule has 1 heterocycles. The van der Waals surface area contributed by atoms with Crippen molar-refractivity contribution in [2.24, 2.45) is 0 Å². The van der Waals surface area contributed by atoms with E-state index in [4.69, 9.17) is 0 Å². The number of halogens is 1. The summed E-state index contributed by atoms with van der Waals surface area (Å²) in [5.74, 6) is -0.935. The molecule has 94 valence electrons. The minimum absolute atomic E-state index is 0.0545. The Morgan fingerprint density at radius 2 is 2.11 bits per heavy atom. The first-order valence-corrected chi connectivity index (χ1v) is 5.61. The molecule has 4 nitrogen and oxygen atoms in total. The SMILES string of the molecule is CC(C)NC(=O)c1cc(=O)[nH]c2c(F)cccc12. The molecule has 0 bridgehead atoms. The molecule has 0 fully saturated rings. The average molecular weight is 248 g/mol. The van der Waals surface area contributed by atoms with Crippen LogP contribution in [0.2, 0.25) is 0 Å². The van der Waals surface area contributed by atoms with Crippen molar-refractivity contribution in [3.05, 3.63) is 46.0 Å². The van der Waals surface area contributed by atoms with Crippen LogP contribution in [-0.2, 0) is 0 Å². The molecule has 5 heteroatoms. The largest absolute Gasteiger partial charge is 0.350 e. The van der Waals surface area contributed by atoms with Crippen molar-refractivity contribution < 1.29 is 9.18 Å². The highest BCUT2D eigenvalue weighted by molar-refractivity contribution is 6.06. The highest BCUT2D eigenvalue weighted by Gasteiger charge is 2.14. The molecule has 2 rings (SSSR count). The van der Waals surface area contributed by atoms with Crippen molar-refractivity contribution in [3.8, 4) is 0 Å². The third kappa shape index (κ3) is 2.25. The summed E-state index contributed by atoms with van der Waals surface area (Å²) in [6.45, 7) is 3.63. The molecular formula is C13H13FN2O2. The van der Waals surface area contributed by atoms with Gasteiger partial charge in [0.2, 0.25) is 5.56 Å². The third-order valence-electron chi connectivity index (χ3n) is 2.49. The van der Waals surface area contributed by atoms with Gasteiger partial charge in [-0.2, -0.15) is 0 Å². The summed E-state index contributed by atoms with van der Waals surface area (Å²) in [5.41, 5.74) is -0.262. The van der Waals surface area contributed by atoms with Gasteiger partial charge in [0.25, 0.3) is 5.91 Å². The van der Waals surface area contributed by atoms with Gasteiger partial charge < -0.3 is 10.3 Å².